The van der Waals surface area contributed by atoms with Gasteiger partial charge in [-0.05, 0) is 53.0 Å². The highest BCUT2D eigenvalue weighted by Crippen LogP contribution is 2.52. The summed E-state index contributed by atoms with van der Waals surface area (Å²) in [7, 11) is 0. The van der Waals surface area contributed by atoms with Gasteiger partial charge in [0.1, 0.15) is 0 Å². The number of thiophene rings is 1. The standard InChI is InChI=1S/C23H20ClNOS/c24-20-9-5-4-8-16(20)18-14-19(18)23(26)25-12-10-21-17(11-13-27-21)22(25)15-6-2-1-3-7-15/h1-9,11,13,18-19,22H,10,12,14H2. The van der Waals surface area contributed by atoms with Crippen LogP contribution in [0.3, 0.4) is 0 Å². The molecule has 5 rings (SSSR count). The Balaban J connectivity index is 1.46. The molecule has 1 fully saturated rings. The van der Waals surface area contributed by atoms with Crippen LogP contribution in [0.1, 0.15) is 39.9 Å². The molecule has 2 aliphatic rings. The predicted molar refractivity (Wildman–Crippen MR) is 110 cm³/mol. The van der Waals surface area contributed by atoms with Crippen molar-refractivity contribution < 1.29 is 4.79 Å². The fraction of sp³-hybridized carbons (Fsp3) is 0.261. The Kier molecular flexibility index (Phi) is 4.30. The zero-order valence-electron chi connectivity index (χ0n) is 14.8. The maximum Gasteiger partial charge on any atom is 0.227 e. The highest BCUT2D eigenvalue weighted by Gasteiger charge is 2.48. The first kappa shape index (κ1) is 17.0. The molecule has 2 heterocycles. The van der Waals surface area contributed by atoms with E-state index in [4.69, 9.17) is 11.6 Å². The quantitative estimate of drug-likeness (QED) is 0.560. The summed E-state index contributed by atoms with van der Waals surface area (Å²) in [5, 5.41) is 2.93. The first-order valence-corrected chi connectivity index (χ1v) is 10.7. The van der Waals surface area contributed by atoms with E-state index in [1.54, 1.807) is 11.3 Å². The SMILES string of the molecule is O=C(C1CC1c1ccccc1Cl)N1CCc2sccc2C1c1ccccc1. The van der Waals surface area contributed by atoms with Crippen LogP contribution in [0.15, 0.2) is 66.0 Å². The molecule has 0 spiro atoms. The third-order valence-electron chi connectivity index (χ3n) is 5.78. The Hall–Kier alpha value is -2.10. The van der Waals surface area contributed by atoms with Crippen molar-refractivity contribution in [3.8, 4) is 0 Å². The number of rotatable bonds is 3. The molecule has 4 heteroatoms. The molecule has 0 bridgehead atoms. The van der Waals surface area contributed by atoms with Crippen molar-refractivity contribution in [2.24, 2.45) is 5.92 Å². The number of fused-ring (bicyclic) bond motifs is 1. The molecule has 3 atom stereocenters. The Morgan fingerprint density at radius 1 is 1.00 bits per heavy atom. The third-order valence-corrected chi connectivity index (χ3v) is 7.12. The largest absolute Gasteiger partial charge is 0.331 e. The van der Waals surface area contributed by atoms with Gasteiger partial charge in [-0.25, -0.2) is 0 Å². The van der Waals surface area contributed by atoms with E-state index in [1.165, 1.54) is 16.0 Å². The van der Waals surface area contributed by atoms with Crippen molar-refractivity contribution in [1.29, 1.82) is 0 Å². The van der Waals surface area contributed by atoms with Crippen LogP contribution in [0.5, 0.6) is 0 Å². The van der Waals surface area contributed by atoms with Crippen LogP contribution in [0.2, 0.25) is 5.02 Å². The topological polar surface area (TPSA) is 20.3 Å². The molecule has 2 nitrogen and oxygen atoms in total. The van der Waals surface area contributed by atoms with Crippen molar-refractivity contribution in [3.63, 3.8) is 0 Å². The first-order valence-electron chi connectivity index (χ1n) is 9.40. The summed E-state index contributed by atoms with van der Waals surface area (Å²) in [6, 6.07) is 20.6. The van der Waals surface area contributed by atoms with Crippen LogP contribution < -0.4 is 0 Å². The second kappa shape index (κ2) is 6.81. The first-order chi connectivity index (χ1) is 13.2. The Bertz CT molecular complexity index is 983. The van der Waals surface area contributed by atoms with Crippen molar-refractivity contribution in [3.05, 3.63) is 92.6 Å². The number of hydrogen-bond acceptors (Lipinski definition) is 2. The Labute approximate surface area is 168 Å². The van der Waals surface area contributed by atoms with Crippen LogP contribution in [0, 0.1) is 5.92 Å². The van der Waals surface area contributed by atoms with Gasteiger partial charge in [0.2, 0.25) is 5.91 Å². The van der Waals surface area contributed by atoms with Crippen molar-refractivity contribution >= 4 is 28.8 Å². The minimum absolute atomic E-state index is 0.0289. The van der Waals surface area contributed by atoms with E-state index in [0.29, 0.717) is 0 Å². The van der Waals surface area contributed by atoms with Gasteiger partial charge < -0.3 is 4.90 Å². The molecule has 0 N–H and O–H groups in total. The lowest BCUT2D eigenvalue weighted by molar-refractivity contribution is -0.134. The number of halogens is 1. The van der Waals surface area contributed by atoms with Gasteiger partial charge >= 0.3 is 0 Å². The molecule has 3 unspecified atom stereocenters. The summed E-state index contributed by atoms with van der Waals surface area (Å²) in [5.41, 5.74) is 3.60. The molecule has 0 saturated heterocycles. The lowest BCUT2D eigenvalue weighted by Crippen LogP contribution is -2.41. The molecule has 3 aromatic rings. The maximum absolute atomic E-state index is 13.5. The third kappa shape index (κ3) is 2.99. The van der Waals surface area contributed by atoms with E-state index < -0.39 is 0 Å². The molecule has 27 heavy (non-hydrogen) atoms. The summed E-state index contributed by atoms with van der Waals surface area (Å²) < 4.78 is 0. The molecule has 0 radical (unpaired) electrons. The van der Waals surface area contributed by atoms with Crippen molar-refractivity contribution in [1.82, 2.24) is 4.90 Å². The molecule has 136 valence electrons. The van der Waals surface area contributed by atoms with Gasteiger partial charge in [0.25, 0.3) is 0 Å². The molecule has 2 aromatic carbocycles. The molecule has 1 aliphatic heterocycles. The van der Waals surface area contributed by atoms with E-state index in [9.17, 15) is 4.79 Å². The number of hydrogen-bond donors (Lipinski definition) is 0. The van der Waals surface area contributed by atoms with Gasteiger partial charge in [0, 0.05) is 22.4 Å². The second-order valence-electron chi connectivity index (χ2n) is 7.36. The molecule has 1 saturated carbocycles. The lowest BCUT2D eigenvalue weighted by atomic mass is 9.92. The number of benzene rings is 2. The minimum Gasteiger partial charge on any atom is -0.331 e. The molecule has 1 amide bonds. The van der Waals surface area contributed by atoms with Gasteiger partial charge in [-0.1, -0.05) is 60.1 Å². The second-order valence-corrected chi connectivity index (χ2v) is 8.77. The number of amides is 1. The zero-order valence-corrected chi connectivity index (χ0v) is 16.4. The predicted octanol–water partition coefficient (Wildman–Crippen LogP) is 5.68. The molecule has 1 aliphatic carbocycles. The van der Waals surface area contributed by atoms with Crippen LogP contribution in [0.4, 0.5) is 0 Å². The van der Waals surface area contributed by atoms with Crippen LogP contribution >= 0.6 is 22.9 Å². The average molecular weight is 394 g/mol. The van der Waals surface area contributed by atoms with Crippen molar-refractivity contribution in [2.75, 3.05) is 6.54 Å². The van der Waals surface area contributed by atoms with Gasteiger partial charge in [0.05, 0.1) is 6.04 Å². The summed E-state index contributed by atoms with van der Waals surface area (Å²) in [6.07, 6.45) is 1.85. The van der Waals surface area contributed by atoms with Gasteiger partial charge in [-0.3, -0.25) is 4.79 Å². The molecular formula is C23H20ClNOS. The monoisotopic (exact) mass is 393 g/mol. The average Bonchev–Trinajstić information content (AvgIpc) is 3.35. The van der Waals surface area contributed by atoms with E-state index in [1.807, 2.05) is 24.3 Å². The summed E-state index contributed by atoms with van der Waals surface area (Å²) in [5.74, 6) is 0.577. The zero-order chi connectivity index (χ0) is 18.4. The van der Waals surface area contributed by atoms with Crippen LogP contribution in [-0.2, 0) is 11.2 Å². The highest BCUT2D eigenvalue weighted by atomic mass is 35.5. The fourth-order valence-corrected chi connectivity index (χ4v) is 5.53. The molecule has 1 aromatic heterocycles. The fourth-order valence-electron chi connectivity index (χ4n) is 4.35. The van der Waals surface area contributed by atoms with Gasteiger partial charge in [0.15, 0.2) is 0 Å². The summed E-state index contributed by atoms with van der Waals surface area (Å²) >= 11 is 8.17. The van der Waals surface area contributed by atoms with Crippen molar-refractivity contribution in [2.45, 2.75) is 24.8 Å². The van der Waals surface area contributed by atoms with Crippen LogP contribution in [-0.4, -0.2) is 17.4 Å². The number of nitrogens with zero attached hydrogens (tertiary/aromatic N) is 1. The summed E-state index contributed by atoms with van der Waals surface area (Å²) in [4.78, 5) is 17.0. The van der Waals surface area contributed by atoms with E-state index >= 15 is 0 Å². The lowest BCUT2D eigenvalue weighted by Gasteiger charge is -2.36. The Morgan fingerprint density at radius 3 is 2.59 bits per heavy atom. The van der Waals surface area contributed by atoms with Crippen LogP contribution in [0.25, 0.3) is 0 Å². The summed E-state index contributed by atoms with van der Waals surface area (Å²) in [6.45, 7) is 0.789. The smallest absolute Gasteiger partial charge is 0.227 e. The molecular weight excluding hydrogens is 374 g/mol. The maximum atomic E-state index is 13.5. The number of carbonyl (C=O) groups excluding carboxylic acids is 1. The van der Waals surface area contributed by atoms with Gasteiger partial charge in [-0.15, -0.1) is 11.3 Å². The Morgan fingerprint density at radius 2 is 1.78 bits per heavy atom. The highest BCUT2D eigenvalue weighted by molar-refractivity contribution is 7.10. The van der Waals surface area contributed by atoms with E-state index in [-0.39, 0.29) is 23.8 Å². The number of carbonyl (C=O) groups is 1. The minimum atomic E-state index is 0.0289. The normalized spacial score (nSPS) is 23.7. The van der Waals surface area contributed by atoms with E-state index in [0.717, 1.165) is 30.0 Å². The van der Waals surface area contributed by atoms with E-state index in [2.05, 4.69) is 46.7 Å². The van der Waals surface area contributed by atoms with Gasteiger partial charge in [-0.2, -0.15) is 0 Å².